The Morgan fingerprint density at radius 3 is 2.79 bits per heavy atom. The van der Waals surface area contributed by atoms with Crippen molar-refractivity contribution in [3.8, 4) is 5.75 Å². The van der Waals surface area contributed by atoms with Crippen LogP contribution in [0.1, 0.15) is 16.8 Å². The van der Waals surface area contributed by atoms with Gasteiger partial charge in [-0.2, -0.15) is 0 Å². The van der Waals surface area contributed by atoms with Crippen LogP contribution < -0.4 is 10.1 Å². The molecule has 0 saturated heterocycles. The van der Waals surface area contributed by atoms with E-state index in [1.54, 1.807) is 37.6 Å². The zero-order valence-corrected chi connectivity index (χ0v) is 14.2. The fourth-order valence-corrected chi connectivity index (χ4v) is 2.31. The topological polar surface area (TPSA) is 54.5 Å². The quantitative estimate of drug-likeness (QED) is 0.845. The van der Waals surface area contributed by atoms with Crippen LogP contribution in [0.4, 0.5) is 4.39 Å². The lowest BCUT2D eigenvalue weighted by Crippen LogP contribution is -2.25. The summed E-state index contributed by atoms with van der Waals surface area (Å²) in [7, 11) is 5.34. The Morgan fingerprint density at radius 2 is 2.08 bits per heavy atom. The molecule has 0 radical (unpaired) electrons. The largest absolute Gasteiger partial charge is 0.497 e. The van der Waals surface area contributed by atoms with E-state index < -0.39 is 0 Å². The van der Waals surface area contributed by atoms with Gasteiger partial charge in [0.05, 0.1) is 19.2 Å². The molecule has 5 nitrogen and oxygen atoms in total. The molecule has 1 amide bonds. The van der Waals surface area contributed by atoms with Crippen molar-refractivity contribution in [1.82, 2.24) is 15.2 Å². The Bertz CT molecular complexity index is 704. The smallest absolute Gasteiger partial charge is 0.226 e. The predicted octanol–water partition coefficient (Wildman–Crippen LogP) is 2.15. The van der Waals surface area contributed by atoms with Crippen molar-refractivity contribution >= 4 is 5.91 Å². The lowest BCUT2D eigenvalue weighted by Gasteiger charge is -2.12. The third-order valence-corrected chi connectivity index (χ3v) is 3.45. The van der Waals surface area contributed by atoms with E-state index in [9.17, 15) is 9.18 Å². The second-order valence-electron chi connectivity index (χ2n) is 5.80. The number of nitrogens with zero attached hydrogens (tertiary/aromatic N) is 2. The van der Waals surface area contributed by atoms with E-state index in [0.717, 1.165) is 5.56 Å². The monoisotopic (exact) mass is 331 g/mol. The number of carbonyl (C=O) groups is 1. The number of amides is 1. The van der Waals surface area contributed by atoms with Gasteiger partial charge in [-0.05, 0) is 37.9 Å². The minimum Gasteiger partial charge on any atom is -0.497 e. The Morgan fingerprint density at radius 1 is 1.29 bits per heavy atom. The van der Waals surface area contributed by atoms with Crippen LogP contribution in [0.5, 0.6) is 5.75 Å². The molecular weight excluding hydrogens is 309 g/mol. The molecule has 0 aliphatic rings. The van der Waals surface area contributed by atoms with Crippen molar-refractivity contribution in [1.29, 1.82) is 0 Å². The molecule has 0 aliphatic carbocycles. The highest BCUT2D eigenvalue weighted by Gasteiger charge is 2.08. The number of nitrogens with one attached hydrogen (secondary N) is 1. The molecule has 1 aromatic heterocycles. The van der Waals surface area contributed by atoms with Gasteiger partial charge in [0.1, 0.15) is 11.6 Å². The van der Waals surface area contributed by atoms with Gasteiger partial charge in [-0.25, -0.2) is 4.39 Å². The number of aromatic nitrogens is 1. The molecule has 1 N–H and O–H groups in total. The highest BCUT2D eigenvalue weighted by atomic mass is 19.1. The van der Waals surface area contributed by atoms with Crippen molar-refractivity contribution in [3.63, 3.8) is 0 Å². The van der Waals surface area contributed by atoms with Gasteiger partial charge >= 0.3 is 0 Å². The van der Waals surface area contributed by atoms with Crippen LogP contribution in [-0.2, 0) is 24.3 Å². The maximum Gasteiger partial charge on any atom is 0.226 e. The van der Waals surface area contributed by atoms with Crippen molar-refractivity contribution in [3.05, 3.63) is 59.2 Å². The molecular formula is C18H22FN3O2. The molecule has 0 aliphatic heterocycles. The van der Waals surface area contributed by atoms with E-state index >= 15 is 0 Å². The highest BCUT2D eigenvalue weighted by Crippen LogP contribution is 2.13. The summed E-state index contributed by atoms with van der Waals surface area (Å²) >= 11 is 0. The van der Waals surface area contributed by atoms with Crippen LogP contribution in [0.25, 0.3) is 0 Å². The fourth-order valence-electron chi connectivity index (χ4n) is 2.31. The van der Waals surface area contributed by atoms with Crippen LogP contribution >= 0.6 is 0 Å². The van der Waals surface area contributed by atoms with Gasteiger partial charge in [-0.3, -0.25) is 9.78 Å². The summed E-state index contributed by atoms with van der Waals surface area (Å²) in [6.07, 6.45) is 1.78. The molecule has 0 fully saturated rings. The minimum absolute atomic E-state index is 0.144. The van der Waals surface area contributed by atoms with Gasteiger partial charge in [0.25, 0.3) is 0 Å². The van der Waals surface area contributed by atoms with Crippen LogP contribution in [0.2, 0.25) is 0 Å². The van der Waals surface area contributed by atoms with Gasteiger partial charge in [-0.1, -0.05) is 6.07 Å². The SMILES string of the molecule is COc1ccnc(CC(=O)NCc2ccc(F)c(CN(C)C)c2)c1. The maximum absolute atomic E-state index is 13.8. The summed E-state index contributed by atoms with van der Waals surface area (Å²) in [6, 6.07) is 8.35. The molecule has 2 aromatic rings. The predicted molar refractivity (Wildman–Crippen MR) is 90.1 cm³/mol. The summed E-state index contributed by atoms with van der Waals surface area (Å²) in [6.45, 7) is 0.866. The van der Waals surface area contributed by atoms with Crippen molar-refractivity contribution < 1.29 is 13.9 Å². The summed E-state index contributed by atoms with van der Waals surface area (Å²) in [5, 5.41) is 2.83. The molecule has 2 rings (SSSR count). The number of halogens is 1. The van der Waals surface area contributed by atoms with Crippen molar-refractivity contribution in [2.75, 3.05) is 21.2 Å². The first-order valence-corrected chi connectivity index (χ1v) is 7.65. The van der Waals surface area contributed by atoms with Crippen LogP contribution in [0, 0.1) is 5.82 Å². The number of hydrogen-bond donors (Lipinski definition) is 1. The third kappa shape index (κ3) is 5.31. The van der Waals surface area contributed by atoms with E-state index in [-0.39, 0.29) is 18.1 Å². The van der Waals surface area contributed by atoms with Gasteiger partial charge < -0.3 is 15.0 Å². The molecule has 0 bridgehead atoms. The average Bonchev–Trinajstić information content (AvgIpc) is 2.55. The van der Waals surface area contributed by atoms with Crippen LogP contribution in [0.3, 0.4) is 0 Å². The molecule has 128 valence electrons. The normalized spacial score (nSPS) is 10.7. The second kappa shape index (κ2) is 8.40. The molecule has 1 heterocycles. The number of pyridine rings is 1. The Labute approximate surface area is 141 Å². The van der Waals surface area contributed by atoms with Gasteiger partial charge in [0, 0.05) is 30.9 Å². The van der Waals surface area contributed by atoms with Gasteiger partial charge in [-0.15, -0.1) is 0 Å². The van der Waals surface area contributed by atoms with E-state index in [1.807, 2.05) is 19.0 Å². The Hall–Kier alpha value is -2.47. The lowest BCUT2D eigenvalue weighted by atomic mass is 10.1. The average molecular weight is 331 g/mol. The summed E-state index contributed by atoms with van der Waals surface area (Å²) in [4.78, 5) is 18.1. The number of hydrogen-bond acceptors (Lipinski definition) is 4. The summed E-state index contributed by atoms with van der Waals surface area (Å²) in [5.41, 5.74) is 2.11. The second-order valence-corrected chi connectivity index (χ2v) is 5.80. The first-order valence-electron chi connectivity index (χ1n) is 7.65. The number of benzene rings is 1. The van der Waals surface area contributed by atoms with Crippen molar-refractivity contribution in [2.24, 2.45) is 0 Å². The molecule has 6 heteroatoms. The maximum atomic E-state index is 13.8. The van der Waals surface area contributed by atoms with E-state index in [0.29, 0.717) is 30.1 Å². The highest BCUT2D eigenvalue weighted by molar-refractivity contribution is 5.78. The van der Waals surface area contributed by atoms with Crippen LogP contribution in [-0.4, -0.2) is 37.0 Å². The Kier molecular flexibility index (Phi) is 6.26. The zero-order valence-electron chi connectivity index (χ0n) is 14.2. The van der Waals surface area contributed by atoms with E-state index in [4.69, 9.17) is 4.74 Å². The zero-order chi connectivity index (χ0) is 17.5. The fraction of sp³-hybridized carbons (Fsp3) is 0.333. The first-order chi connectivity index (χ1) is 11.5. The van der Waals surface area contributed by atoms with Gasteiger partial charge in [0.15, 0.2) is 0 Å². The molecule has 0 atom stereocenters. The molecule has 0 saturated carbocycles. The minimum atomic E-state index is -0.237. The molecule has 1 aromatic carbocycles. The first kappa shape index (κ1) is 17.9. The summed E-state index contributed by atoms with van der Waals surface area (Å²) in [5.74, 6) is 0.285. The van der Waals surface area contributed by atoms with E-state index in [1.165, 1.54) is 6.07 Å². The Balaban J connectivity index is 1.93. The number of carbonyl (C=O) groups excluding carboxylic acids is 1. The summed E-state index contributed by atoms with van der Waals surface area (Å²) < 4.78 is 18.9. The third-order valence-electron chi connectivity index (χ3n) is 3.45. The van der Waals surface area contributed by atoms with E-state index in [2.05, 4.69) is 10.3 Å². The molecule has 24 heavy (non-hydrogen) atoms. The van der Waals surface area contributed by atoms with Gasteiger partial charge in [0.2, 0.25) is 5.91 Å². The molecule has 0 unspecified atom stereocenters. The van der Waals surface area contributed by atoms with Crippen molar-refractivity contribution in [2.45, 2.75) is 19.5 Å². The number of ether oxygens (including phenoxy) is 1. The standard InChI is InChI=1S/C18H22FN3O2/c1-22(2)12-14-8-13(4-5-17(14)19)11-21-18(23)10-15-9-16(24-3)6-7-20-15/h4-9H,10-12H2,1-3H3,(H,21,23). The molecule has 0 spiro atoms. The van der Waals surface area contributed by atoms with Crippen LogP contribution in [0.15, 0.2) is 36.5 Å². The number of methoxy groups -OCH3 is 1. The lowest BCUT2D eigenvalue weighted by molar-refractivity contribution is -0.120. The number of rotatable bonds is 7.